The highest BCUT2D eigenvalue weighted by Crippen LogP contribution is 2.24. The maximum absolute atomic E-state index is 5.99. The molecule has 0 aliphatic carbocycles. The monoisotopic (exact) mass is 260 g/mol. The number of hydrogen-bond donors (Lipinski definition) is 2. The molecule has 0 saturated carbocycles. The van der Waals surface area contributed by atoms with E-state index in [1.165, 1.54) is 0 Å². The molecule has 0 amide bonds. The lowest BCUT2D eigenvalue weighted by atomic mass is 10.1. The number of aromatic nitrogens is 2. The van der Waals surface area contributed by atoms with E-state index in [1.54, 1.807) is 0 Å². The fourth-order valence-corrected chi connectivity index (χ4v) is 2.32. The number of nitrogens with zero attached hydrogens (tertiary/aromatic N) is 2. The van der Waals surface area contributed by atoms with Crippen LogP contribution in [0.5, 0.6) is 0 Å². The Balaban J connectivity index is 2.11. The molecule has 0 fully saturated rings. The van der Waals surface area contributed by atoms with Crippen molar-refractivity contribution in [3.8, 4) is 11.4 Å². The lowest BCUT2D eigenvalue weighted by Gasteiger charge is -2.18. The highest BCUT2D eigenvalue weighted by atomic mass is 35.5. The van der Waals surface area contributed by atoms with Gasteiger partial charge in [0.25, 0.3) is 0 Å². The van der Waals surface area contributed by atoms with Gasteiger partial charge in [0, 0.05) is 35.7 Å². The Morgan fingerprint density at radius 3 is 3.00 bits per heavy atom. The first kappa shape index (κ1) is 11.4. The molecule has 5 heteroatoms. The third-order valence-corrected chi connectivity index (χ3v) is 3.28. The van der Waals surface area contributed by atoms with Gasteiger partial charge in [0.2, 0.25) is 0 Å². The van der Waals surface area contributed by atoms with Crippen LogP contribution >= 0.6 is 11.6 Å². The molecule has 4 nitrogen and oxygen atoms in total. The van der Waals surface area contributed by atoms with Gasteiger partial charge in [0.05, 0.1) is 5.69 Å². The Kier molecular flexibility index (Phi) is 2.89. The van der Waals surface area contributed by atoms with Gasteiger partial charge in [0.1, 0.15) is 5.82 Å². The summed E-state index contributed by atoms with van der Waals surface area (Å²) in [5.41, 5.74) is 8.95. The Bertz CT molecular complexity index is 598. The quantitative estimate of drug-likeness (QED) is 0.824. The first-order valence-electron chi connectivity index (χ1n) is 5.86. The fourth-order valence-electron chi connectivity index (χ4n) is 2.13. The first-order chi connectivity index (χ1) is 8.74. The van der Waals surface area contributed by atoms with Crippen LogP contribution in [0.15, 0.2) is 24.3 Å². The summed E-state index contributed by atoms with van der Waals surface area (Å²) in [7, 11) is 0. The number of fused-ring (bicyclic) bond motifs is 1. The average molecular weight is 261 g/mol. The summed E-state index contributed by atoms with van der Waals surface area (Å²) in [6, 6.07) is 7.51. The lowest BCUT2D eigenvalue weighted by Crippen LogP contribution is -2.26. The third kappa shape index (κ3) is 2.05. The molecule has 92 valence electrons. The first-order valence-corrected chi connectivity index (χ1v) is 6.24. The second-order valence-corrected chi connectivity index (χ2v) is 4.73. The lowest BCUT2D eigenvalue weighted by molar-refractivity contribution is 0.629. The molecule has 0 saturated heterocycles. The van der Waals surface area contributed by atoms with Crippen molar-refractivity contribution in [3.05, 3.63) is 40.5 Å². The van der Waals surface area contributed by atoms with E-state index in [0.29, 0.717) is 16.7 Å². The summed E-state index contributed by atoms with van der Waals surface area (Å²) in [6.45, 7) is 1.68. The summed E-state index contributed by atoms with van der Waals surface area (Å²) in [6.07, 6.45) is 0.885. The molecular weight excluding hydrogens is 248 g/mol. The Morgan fingerprint density at radius 2 is 2.17 bits per heavy atom. The molecule has 0 spiro atoms. The van der Waals surface area contributed by atoms with Crippen molar-refractivity contribution in [2.75, 3.05) is 12.3 Å². The van der Waals surface area contributed by atoms with Crippen LogP contribution in [0.2, 0.25) is 5.02 Å². The predicted octanol–water partition coefficient (Wildman–Crippen LogP) is 2.02. The van der Waals surface area contributed by atoms with E-state index in [-0.39, 0.29) is 0 Å². The van der Waals surface area contributed by atoms with Gasteiger partial charge >= 0.3 is 0 Å². The minimum Gasteiger partial charge on any atom is -0.383 e. The van der Waals surface area contributed by atoms with Crippen molar-refractivity contribution in [1.82, 2.24) is 15.3 Å². The summed E-state index contributed by atoms with van der Waals surface area (Å²) >= 11 is 5.98. The second-order valence-electron chi connectivity index (χ2n) is 4.29. The van der Waals surface area contributed by atoms with Crippen molar-refractivity contribution >= 4 is 17.4 Å². The number of rotatable bonds is 1. The molecule has 3 N–H and O–H groups in total. The summed E-state index contributed by atoms with van der Waals surface area (Å²) in [5.74, 6) is 1.21. The van der Waals surface area contributed by atoms with E-state index in [9.17, 15) is 0 Å². The fraction of sp³-hybridized carbons (Fsp3) is 0.231. The molecule has 3 rings (SSSR count). The number of nitrogens with one attached hydrogen (secondary N) is 1. The number of benzene rings is 1. The van der Waals surface area contributed by atoms with E-state index in [4.69, 9.17) is 17.3 Å². The summed E-state index contributed by atoms with van der Waals surface area (Å²) in [4.78, 5) is 8.96. The van der Waals surface area contributed by atoms with E-state index in [0.717, 1.165) is 36.3 Å². The van der Waals surface area contributed by atoms with Crippen molar-refractivity contribution < 1.29 is 0 Å². The molecule has 2 heterocycles. The van der Waals surface area contributed by atoms with Gasteiger partial charge in [-0.3, -0.25) is 0 Å². The molecule has 1 aliphatic heterocycles. The molecule has 1 aromatic carbocycles. The Hall–Kier alpha value is -1.65. The highest BCUT2D eigenvalue weighted by molar-refractivity contribution is 6.30. The zero-order valence-corrected chi connectivity index (χ0v) is 10.5. The van der Waals surface area contributed by atoms with Crippen LogP contribution in [0, 0.1) is 0 Å². The van der Waals surface area contributed by atoms with Gasteiger partial charge < -0.3 is 11.1 Å². The number of nitrogens with two attached hydrogens (primary N) is 1. The molecule has 1 aliphatic rings. The Morgan fingerprint density at radius 1 is 1.28 bits per heavy atom. The van der Waals surface area contributed by atoms with Gasteiger partial charge in [0.15, 0.2) is 5.82 Å². The third-order valence-electron chi connectivity index (χ3n) is 3.05. The molecule has 1 aromatic heterocycles. The molecule has 0 radical (unpaired) electrons. The molecular formula is C13H13ClN4. The van der Waals surface area contributed by atoms with Crippen molar-refractivity contribution in [2.24, 2.45) is 0 Å². The van der Waals surface area contributed by atoms with Crippen LogP contribution in [0.1, 0.15) is 11.3 Å². The topological polar surface area (TPSA) is 63.8 Å². The maximum Gasteiger partial charge on any atom is 0.161 e. The van der Waals surface area contributed by atoms with Gasteiger partial charge in [-0.15, -0.1) is 0 Å². The number of nitrogen functional groups attached to an aromatic ring is 1. The number of halogens is 1. The molecule has 18 heavy (non-hydrogen) atoms. The van der Waals surface area contributed by atoms with Crippen LogP contribution in [-0.4, -0.2) is 16.5 Å². The van der Waals surface area contributed by atoms with Gasteiger partial charge in [-0.2, -0.15) is 0 Å². The summed E-state index contributed by atoms with van der Waals surface area (Å²) in [5, 5.41) is 3.94. The van der Waals surface area contributed by atoms with Gasteiger partial charge in [-0.05, 0) is 12.1 Å². The minimum absolute atomic E-state index is 0.558. The maximum atomic E-state index is 5.99. The number of hydrogen-bond acceptors (Lipinski definition) is 4. The van der Waals surface area contributed by atoms with E-state index >= 15 is 0 Å². The average Bonchev–Trinajstić information content (AvgIpc) is 2.39. The molecule has 0 bridgehead atoms. The zero-order chi connectivity index (χ0) is 12.5. The Labute approximate surface area is 110 Å². The van der Waals surface area contributed by atoms with E-state index in [2.05, 4.69) is 15.3 Å². The smallest absolute Gasteiger partial charge is 0.161 e. The van der Waals surface area contributed by atoms with Gasteiger partial charge in [-0.1, -0.05) is 23.7 Å². The highest BCUT2D eigenvalue weighted by Gasteiger charge is 2.16. The second kappa shape index (κ2) is 4.55. The predicted molar refractivity (Wildman–Crippen MR) is 72.3 cm³/mol. The van der Waals surface area contributed by atoms with Crippen molar-refractivity contribution in [2.45, 2.75) is 13.0 Å². The van der Waals surface area contributed by atoms with Crippen LogP contribution in [0.3, 0.4) is 0 Å². The van der Waals surface area contributed by atoms with E-state index < -0.39 is 0 Å². The van der Waals surface area contributed by atoms with Gasteiger partial charge in [-0.25, -0.2) is 9.97 Å². The molecule has 2 aromatic rings. The molecule has 0 unspecified atom stereocenters. The standard InChI is InChI=1S/C13H13ClN4/c14-9-3-1-2-8(6-9)13-17-11-4-5-16-7-10(11)12(15)18-13/h1-3,6,16H,4-5,7H2,(H2,15,17,18). The SMILES string of the molecule is Nc1nc(-c2cccc(Cl)c2)nc2c1CNCC2. The van der Waals surface area contributed by atoms with E-state index in [1.807, 2.05) is 24.3 Å². The minimum atomic E-state index is 0.558. The van der Waals surface area contributed by atoms with Crippen molar-refractivity contribution in [1.29, 1.82) is 0 Å². The van der Waals surface area contributed by atoms with Crippen LogP contribution < -0.4 is 11.1 Å². The van der Waals surface area contributed by atoms with Crippen LogP contribution in [-0.2, 0) is 13.0 Å². The van der Waals surface area contributed by atoms with Crippen molar-refractivity contribution in [3.63, 3.8) is 0 Å². The molecule has 0 atom stereocenters. The normalized spacial score (nSPS) is 14.3. The number of anilines is 1. The largest absolute Gasteiger partial charge is 0.383 e. The summed E-state index contributed by atoms with van der Waals surface area (Å²) < 4.78 is 0. The van der Waals surface area contributed by atoms with Crippen LogP contribution in [0.25, 0.3) is 11.4 Å². The zero-order valence-electron chi connectivity index (χ0n) is 9.78. The van der Waals surface area contributed by atoms with Crippen LogP contribution in [0.4, 0.5) is 5.82 Å².